The molecule has 3 rings (SSSR count). The molecule has 6 nitrogen and oxygen atoms in total. The van der Waals surface area contributed by atoms with E-state index in [0.29, 0.717) is 24.1 Å². The van der Waals surface area contributed by atoms with Crippen LogP contribution in [-0.4, -0.2) is 72.4 Å². The molecule has 2 heterocycles. The Labute approximate surface area is 192 Å². The minimum atomic E-state index is -1.63. The fourth-order valence-electron chi connectivity index (χ4n) is 4.14. The van der Waals surface area contributed by atoms with Crippen LogP contribution in [0.2, 0.25) is 0 Å². The standard InChI is InChI=1S/C22H32FN3O3S2/c1-5-6-7-15-13-26(16-8-9-24(2)12-16)18-10-21(30-4)19(11-20(18)31-25(15)3)29-14-17(23)22(27)28/h10-11,14-16H,5-9,12-13H2,1-4H3,(H,27,28)/b17-14-. The van der Waals surface area contributed by atoms with Crippen LogP contribution < -0.4 is 9.64 Å². The summed E-state index contributed by atoms with van der Waals surface area (Å²) in [5.41, 5.74) is 1.18. The molecule has 2 unspecified atom stereocenters. The number of hydrogen-bond acceptors (Lipinski definition) is 7. The van der Waals surface area contributed by atoms with Gasteiger partial charge >= 0.3 is 5.97 Å². The van der Waals surface area contributed by atoms with Crippen LogP contribution in [0.3, 0.4) is 0 Å². The van der Waals surface area contributed by atoms with Gasteiger partial charge in [-0.1, -0.05) is 19.8 Å². The zero-order valence-corrected chi connectivity index (χ0v) is 20.3. The number of thioether (sulfide) groups is 1. The van der Waals surface area contributed by atoms with Crippen LogP contribution >= 0.6 is 23.7 Å². The summed E-state index contributed by atoms with van der Waals surface area (Å²) in [5, 5.41) is 8.78. The molecule has 2 aliphatic rings. The fourth-order valence-corrected chi connectivity index (χ4v) is 5.74. The number of nitrogens with zero attached hydrogens (tertiary/aromatic N) is 3. The van der Waals surface area contributed by atoms with Crippen molar-refractivity contribution in [1.82, 2.24) is 9.21 Å². The Morgan fingerprint density at radius 2 is 2.16 bits per heavy atom. The van der Waals surface area contributed by atoms with Crippen LogP contribution in [0.25, 0.3) is 0 Å². The van der Waals surface area contributed by atoms with E-state index in [1.54, 1.807) is 11.9 Å². The summed E-state index contributed by atoms with van der Waals surface area (Å²) in [5.74, 6) is -2.48. The van der Waals surface area contributed by atoms with E-state index in [2.05, 4.69) is 41.2 Å². The summed E-state index contributed by atoms with van der Waals surface area (Å²) < 4.78 is 21.3. The third-order valence-electron chi connectivity index (χ3n) is 5.91. The highest BCUT2D eigenvalue weighted by Crippen LogP contribution is 2.45. The molecule has 0 radical (unpaired) electrons. The first-order chi connectivity index (χ1) is 14.8. The molecule has 0 aromatic heterocycles. The second-order valence-electron chi connectivity index (χ2n) is 8.15. The van der Waals surface area contributed by atoms with Gasteiger partial charge in [-0.2, -0.15) is 4.39 Å². The van der Waals surface area contributed by atoms with Crippen molar-refractivity contribution in [2.24, 2.45) is 0 Å². The number of likely N-dealkylation sites (N-methyl/N-ethyl adjacent to an activating group) is 2. The van der Waals surface area contributed by atoms with Gasteiger partial charge in [0.05, 0.1) is 15.5 Å². The van der Waals surface area contributed by atoms with E-state index in [9.17, 15) is 9.18 Å². The molecule has 2 aliphatic heterocycles. The predicted molar refractivity (Wildman–Crippen MR) is 126 cm³/mol. The van der Waals surface area contributed by atoms with E-state index in [1.807, 2.05) is 12.3 Å². The van der Waals surface area contributed by atoms with Crippen molar-refractivity contribution in [3.05, 3.63) is 24.2 Å². The van der Waals surface area contributed by atoms with Gasteiger partial charge in [-0.05, 0) is 63.8 Å². The molecule has 0 saturated carbocycles. The second-order valence-corrected chi connectivity index (χ2v) is 10.2. The molecule has 1 saturated heterocycles. The van der Waals surface area contributed by atoms with Gasteiger partial charge in [0.1, 0.15) is 12.0 Å². The maximum absolute atomic E-state index is 13.5. The SMILES string of the molecule is CCCCC1CN(C2CCN(C)C2)c2cc(SC)c(O/C=C(\F)C(=O)O)cc2SN1C. The number of aliphatic carboxylic acids is 1. The molecular weight excluding hydrogens is 437 g/mol. The Balaban J connectivity index is 1.99. The summed E-state index contributed by atoms with van der Waals surface area (Å²) in [6.45, 7) is 5.32. The number of hydrogen-bond donors (Lipinski definition) is 1. The van der Waals surface area contributed by atoms with Crippen LogP contribution in [0.4, 0.5) is 10.1 Å². The van der Waals surface area contributed by atoms with Gasteiger partial charge in [-0.25, -0.2) is 9.10 Å². The molecule has 1 aromatic carbocycles. The quantitative estimate of drug-likeness (QED) is 0.254. The molecule has 1 fully saturated rings. The smallest absolute Gasteiger partial charge is 0.368 e. The van der Waals surface area contributed by atoms with Gasteiger partial charge in [-0.15, -0.1) is 11.8 Å². The van der Waals surface area contributed by atoms with Gasteiger partial charge in [0, 0.05) is 25.2 Å². The number of unbranched alkanes of at least 4 members (excludes halogenated alkanes) is 1. The number of carbonyl (C=O) groups is 1. The third kappa shape index (κ3) is 5.88. The number of halogens is 1. The Morgan fingerprint density at radius 3 is 2.77 bits per heavy atom. The Bertz CT molecular complexity index is 823. The van der Waals surface area contributed by atoms with Gasteiger partial charge in [0.25, 0.3) is 0 Å². The molecule has 0 amide bonds. The third-order valence-corrected chi connectivity index (χ3v) is 7.78. The lowest BCUT2D eigenvalue weighted by molar-refractivity contribution is -0.134. The molecule has 2 atom stereocenters. The van der Waals surface area contributed by atoms with Crippen LogP contribution in [0.5, 0.6) is 5.75 Å². The number of rotatable bonds is 8. The lowest BCUT2D eigenvalue weighted by atomic mass is 10.1. The molecule has 0 spiro atoms. The molecule has 9 heteroatoms. The predicted octanol–water partition coefficient (Wildman–Crippen LogP) is 4.70. The largest absolute Gasteiger partial charge is 0.476 e. The molecular formula is C22H32FN3O3S2. The zero-order valence-electron chi connectivity index (χ0n) is 18.6. The average molecular weight is 470 g/mol. The molecule has 31 heavy (non-hydrogen) atoms. The number of benzene rings is 1. The number of carboxylic acids is 1. The van der Waals surface area contributed by atoms with Gasteiger partial charge < -0.3 is 19.6 Å². The number of ether oxygens (including phenoxy) is 1. The number of anilines is 1. The van der Waals surface area contributed by atoms with Crippen LogP contribution in [0.15, 0.2) is 34.0 Å². The highest BCUT2D eigenvalue weighted by atomic mass is 32.2. The first kappa shape index (κ1) is 24.2. The van der Waals surface area contributed by atoms with Crippen LogP contribution in [-0.2, 0) is 4.79 Å². The maximum atomic E-state index is 13.5. The van der Waals surface area contributed by atoms with Crippen molar-refractivity contribution in [3.8, 4) is 5.75 Å². The highest BCUT2D eigenvalue weighted by Gasteiger charge is 2.34. The lowest BCUT2D eigenvalue weighted by Gasteiger charge is -2.34. The van der Waals surface area contributed by atoms with Gasteiger partial charge in [-0.3, -0.25) is 0 Å². The second kappa shape index (κ2) is 10.9. The Kier molecular flexibility index (Phi) is 8.55. The first-order valence-electron chi connectivity index (χ1n) is 10.7. The monoisotopic (exact) mass is 469 g/mol. The van der Waals surface area contributed by atoms with Crippen molar-refractivity contribution < 1.29 is 19.0 Å². The van der Waals surface area contributed by atoms with E-state index < -0.39 is 11.8 Å². The van der Waals surface area contributed by atoms with Crippen LogP contribution in [0, 0.1) is 0 Å². The summed E-state index contributed by atoms with van der Waals surface area (Å²) >= 11 is 3.20. The summed E-state index contributed by atoms with van der Waals surface area (Å²) in [7, 11) is 4.30. The maximum Gasteiger partial charge on any atom is 0.368 e. The first-order valence-corrected chi connectivity index (χ1v) is 12.7. The normalized spacial score (nSPS) is 23.0. The number of carboxylic acid groups (broad SMARTS) is 1. The van der Waals surface area contributed by atoms with Gasteiger partial charge in [0.15, 0.2) is 0 Å². The molecule has 0 aliphatic carbocycles. The fraction of sp³-hybridized carbons (Fsp3) is 0.591. The lowest BCUT2D eigenvalue weighted by Crippen LogP contribution is -2.44. The van der Waals surface area contributed by atoms with E-state index in [0.717, 1.165) is 42.3 Å². The Morgan fingerprint density at radius 1 is 1.39 bits per heavy atom. The van der Waals surface area contributed by atoms with E-state index >= 15 is 0 Å². The molecule has 0 bridgehead atoms. The number of fused-ring (bicyclic) bond motifs is 1. The van der Waals surface area contributed by atoms with Crippen LogP contribution in [0.1, 0.15) is 32.6 Å². The van der Waals surface area contributed by atoms with Crippen molar-refractivity contribution >= 4 is 35.4 Å². The Hall–Kier alpha value is -1.42. The van der Waals surface area contributed by atoms with E-state index in [-0.39, 0.29) is 0 Å². The molecule has 1 aromatic rings. The van der Waals surface area contributed by atoms with Crippen molar-refractivity contribution in [2.45, 2.75) is 54.5 Å². The molecule has 1 N–H and O–H groups in total. The zero-order chi connectivity index (χ0) is 22.5. The van der Waals surface area contributed by atoms with Gasteiger partial charge in [0.2, 0.25) is 5.83 Å². The summed E-state index contributed by atoms with van der Waals surface area (Å²) in [6.07, 6.45) is 7.24. The van der Waals surface area contributed by atoms with Crippen molar-refractivity contribution in [1.29, 1.82) is 0 Å². The highest BCUT2D eigenvalue weighted by molar-refractivity contribution is 7.98. The minimum absolute atomic E-state index is 0.426. The average Bonchev–Trinajstić information content (AvgIpc) is 3.12. The van der Waals surface area contributed by atoms with E-state index in [1.165, 1.54) is 30.3 Å². The topological polar surface area (TPSA) is 56.3 Å². The molecule has 172 valence electrons. The van der Waals surface area contributed by atoms with Crippen molar-refractivity contribution in [2.75, 3.05) is 44.9 Å². The van der Waals surface area contributed by atoms with E-state index in [4.69, 9.17) is 9.84 Å². The summed E-state index contributed by atoms with van der Waals surface area (Å²) in [6, 6.07) is 4.91. The number of likely N-dealkylation sites (tertiary alicyclic amines) is 1. The summed E-state index contributed by atoms with van der Waals surface area (Å²) in [4.78, 5) is 17.6. The van der Waals surface area contributed by atoms with Crippen molar-refractivity contribution in [3.63, 3.8) is 0 Å². The minimum Gasteiger partial charge on any atom is -0.476 e.